The molecule has 5 nitrogen and oxygen atoms in total. The number of likely N-dealkylation sites (N-methyl/N-ethyl adjacent to an activating group) is 1. The molecule has 0 spiro atoms. The Kier molecular flexibility index (Phi) is 5.34. The van der Waals surface area contributed by atoms with Crippen LogP contribution in [-0.4, -0.2) is 49.9 Å². The van der Waals surface area contributed by atoms with E-state index in [4.69, 9.17) is 4.74 Å². The molecule has 1 heterocycles. The van der Waals surface area contributed by atoms with Crippen molar-refractivity contribution in [3.63, 3.8) is 0 Å². The monoisotopic (exact) mass is 339 g/mol. The molecule has 1 amide bonds. The highest BCUT2D eigenvalue weighted by Crippen LogP contribution is 2.22. The summed E-state index contributed by atoms with van der Waals surface area (Å²) < 4.78 is 28.9. The lowest BCUT2D eigenvalue weighted by Crippen LogP contribution is -2.44. The second-order valence-corrected chi connectivity index (χ2v) is 8.72. The zero-order valence-corrected chi connectivity index (χ0v) is 15.0. The molecule has 0 radical (unpaired) electrons. The SMILES string of the molecule is CC(Oc1cccc(C(C)C)c1)C(=O)N(C)C1CCS(=O)(=O)C1. The van der Waals surface area contributed by atoms with Crippen molar-refractivity contribution in [1.82, 2.24) is 4.90 Å². The number of amides is 1. The van der Waals surface area contributed by atoms with E-state index in [2.05, 4.69) is 13.8 Å². The maximum absolute atomic E-state index is 12.5. The third-order valence-corrected chi connectivity index (χ3v) is 6.04. The largest absolute Gasteiger partial charge is 0.481 e. The summed E-state index contributed by atoms with van der Waals surface area (Å²) in [4.78, 5) is 14.0. The van der Waals surface area contributed by atoms with Gasteiger partial charge in [-0.05, 0) is 37.0 Å². The summed E-state index contributed by atoms with van der Waals surface area (Å²) in [5, 5.41) is 0. The van der Waals surface area contributed by atoms with Gasteiger partial charge in [-0.1, -0.05) is 26.0 Å². The molecule has 23 heavy (non-hydrogen) atoms. The highest BCUT2D eigenvalue weighted by Gasteiger charge is 2.34. The lowest BCUT2D eigenvalue weighted by atomic mass is 10.0. The highest BCUT2D eigenvalue weighted by atomic mass is 32.2. The first kappa shape index (κ1) is 17.8. The molecular formula is C17H25NO4S. The molecule has 2 atom stereocenters. The number of carbonyl (C=O) groups excluding carboxylic acids is 1. The fourth-order valence-electron chi connectivity index (χ4n) is 2.75. The first-order valence-corrected chi connectivity index (χ1v) is 9.75. The molecule has 0 N–H and O–H groups in total. The molecule has 1 saturated heterocycles. The van der Waals surface area contributed by atoms with E-state index < -0.39 is 15.9 Å². The number of ether oxygens (including phenoxy) is 1. The van der Waals surface area contributed by atoms with Gasteiger partial charge in [0.1, 0.15) is 5.75 Å². The Hall–Kier alpha value is -1.56. The Bertz CT molecular complexity index is 669. The zero-order valence-electron chi connectivity index (χ0n) is 14.2. The van der Waals surface area contributed by atoms with E-state index in [0.29, 0.717) is 18.1 Å². The minimum atomic E-state index is -3.01. The topological polar surface area (TPSA) is 63.7 Å². The average Bonchev–Trinajstić information content (AvgIpc) is 2.86. The third-order valence-electron chi connectivity index (χ3n) is 4.29. The van der Waals surface area contributed by atoms with Crippen molar-refractivity contribution in [2.24, 2.45) is 0 Å². The number of benzene rings is 1. The Morgan fingerprint density at radius 3 is 2.57 bits per heavy atom. The molecule has 0 aliphatic carbocycles. The van der Waals surface area contributed by atoms with Gasteiger partial charge in [0.05, 0.1) is 11.5 Å². The molecule has 0 bridgehead atoms. The summed E-state index contributed by atoms with van der Waals surface area (Å²) in [7, 11) is -1.36. The quantitative estimate of drug-likeness (QED) is 0.825. The van der Waals surface area contributed by atoms with Crippen molar-refractivity contribution in [2.45, 2.75) is 45.3 Å². The average molecular weight is 339 g/mol. The summed E-state index contributed by atoms with van der Waals surface area (Å²) in [6, 6.07) is 7.46. The van der Waals surface area contributed by atoms with E-state index in [1.807, 2.05) is 24.3 Å². The summed E-state index contributed by atoms with van der Waals surface area (Å²) in [6.45, 7) is 5.90. The molecule has 2 unspecified atom stereocenters. The number of rotatable bonds is 5. The second-order valence-electron chi connectivity index (χ2n) is 6.49. The standard InChI is InChI=1S/C17H25NO4S/c1-12(2)14-6-5-7-16(10-14)22-13(3)17(19)18(4)15-8-9-23(20,21)11-15/h5-7,10,12-13,15H,8-9,11H2,1-4H3. The van der Waals surface area contributed by atoms with Gasteiger partial charge in [0.15, 0.2) is 15.9 Å². The van der Waals surface area contributed by atoms with Crippen molar-refractivity contribution in [1.29, 1.82) is 0 Å². The van der Waals surface area contributed by atoms with Gasteiger partial charge in [0.2, 0.25) is 0 Å². The molecule has 128 valence electrons. The molecule has 1 aliphatic rings. The molecular weight excluding hydrogens is 314 g/mol. The second kappa shape index (κ2) is 6.91. The Labute approximate surface area is 138 Å². The number of nitrogens with zero attached hydrogens (tertiary/aromatic N) is 1. The van der Waals surface area contributed by atoms with Gasteiger partial charge >= 0.3 is 0 Å². The van der Waals surface area contributed by atoms with Crippen LogP contribution in [0.3, 0.4) is 0 Å². The van der Waals surface area contributed by atoms with E-state index in [9.17, 15) is 13.2 Å². The van der Waals surface area contributed by atoms with Gasteiger partial charge in [-0.15, -0.1) is 0 Å². The molecule has 6 heteroatoms. The molecule has 0 saturated carbocycles. The van der Waals surface area contributed by atoms with Crippen LogP contribution in [0, 0.1) is 0 Å². The van der Waals surface area contributed by atoms with Gasteiger partial charge in [-0.2, -0.15) is 0 Å². The number of carbonyl (C=O) groups is 1. The van der Waals surface area contributed by atoms with Crippen LogP contribution in [0.2, 0.25) is 0 Å². The summed E-state index contributed by atoms with van der Waals surface area (Å²) in [5.74, 6) is 1.05. The third kappa shape index (κ3) is 4.47. The van der Waals surface area contributed by atoms with Crippen LogP contribution in [0.1, 0.15) is 38.7 Å². The van der Waals surface area contributed by atoms with Crippen molar-refractivity contribution in [2.75, 3.05) is 18.6 Å². The maximum Gasteiger partial charge on any atom is 0.263 e. The molecule has 2 rings (SSSR count). The predicted octanol–water partition coefficient (Wildman–Crippen LogP) is 2.22. The van der Waals surface area contributed by atoms with Crippen LogP contribution in [0.4, 0.5) is 0 Å². The summed E-state index contributed by atoms with van der Waals surface area (Å²) in [6.07, 6.45) is -0.147. The van der Waals surface area contributed by atoms with Gasteiger partial charge in [0, 0.05) is 13.1 Å². The number of hydrogen-bond acceptors (Lipinski definition) is 4. The van der Waals surface area contributed by atoms with Crippen molar-refractivity contribution < 1.29 is 17.9 Å². The van der Waals surface area contributed by atoms with Gasteiger partial charge < -0.3 is 9.64 Å². The Morgan fingerprint density at radius 1 is 1.30 bits per heavy atom. The lowest BCUT2D eigenvalue weighted by molar-refractivity contribution is -0.138. The van der Waals surface area contributed by atoms with Crippen LogP contribution < -0.4 is 4.74 Å². The first-order chi connectivity index (χ1) is 10.7. The molecule has 1 aliphatic heterocycles. The van der Waals surface area contributed by atoms with Crippen molar-refractivity contribution in [3.8, 4) is 5.75 Å². The Morgan fingerprint density at radius 2 is 2.00 bits per heavy atom. The number of sulfone groups is 1. The highest BCUT2D eigenvalue weighted by molar-refractivity contribution is 7.91. The lowest BCUT2D eigenvalue weighted by Gasteiger charge is -2.27. The molecule has 1 aromatic rings. The minimum absolute atomic E-state index is 0.0464. The van der Waals surface area contributed by atoms with E-state index in [1.165, 1.54) is 4.90 Å². The number of hydrogen-bond donors (Lipinski definition) is 0. The van der Waals surface area contributed by atoms with Crippen molar-refractivity contribution in [3.05, 3.63) is 29.8 Å². The van der Waals surface area contributed by atoms with Crippen LogP contribution in [0.25, 0.3) is 0 Å². The van der Waals surface area contributed by atoms with Gasteiger partial charge in [-0.25, -0.2) is 8.42 Å². The fraction of sp³-hybridized carbons (Fsp3) is 0.588. The maximum atomic E-state index is 12.5. The van der Waals surface area contributed by atoms with Gasteiger partial charge in [-0.3, -0.25) is 4.79 Å². The summed E-state index contributed by atoms with van der Waals surface area (Å²) >= 11 is 0. The van der Waals surface area contributed by atoms with Crippen LogP contribution in [0.15, 0.2) is 24.3 Å². The van der Waals surface area contributed by atoms with Gasteiger partial charge in [0.25, 0.3) is 5.91 Å². The molecule has 1 fully saturated rings. The van der Waals surface area contributed by atoms with Crippen LogP contribution >= 0.6 is 0 Å². The molecule has 1 aromatic carbocycles. The zero-order chi connectivity index (χ0) is 17.2. The predicted molar refractivity (Wildman–Crippen MR) is 90.4 cm³/mol. The van der Waals surface area contributed by atoms with Crippen LogP contribution in [-0.2, 0) is 14.6 Å². The van der Waals surface area contributed by atoms with E-state index in [0.717, 1.165) is 5.56 Å². The Balaban J connectivity index is 2.01. The smallest absolute Gasteiger partial charge is 0.263 e. The fourth-order valence-corrected chi connectivity index (χ4v) is 4.52. The normalized spacial score (nSPS) is 21.2. The minimum Gasteiger partial charge on any atom is -0.481 e. The van der Waals surface area contributed by atoms with Crippen molar-refractivity contribution >= 4 is 15.7 Å². The van der Waals surface area contributed by atoms with Crippen LogP contribution in [0.5, 0.6) is 5.75 Å². The first-order valence-electron chi connectivity index (χ1n) is 7.93. The summed E-state index contributed by atoms with van der Waals surface area (Å²) in [5.41, 5.74) is 1.15. The molecule has 0 aromatic heterocycles. The van der Waals surface area contributed by atoms with E-state index in [1.54, 1.807) is 14.0 Å². The van der Waals surface area contributed by atoms with E-state index in [-0.39, 0.29) is 23.5 Å². The van der Waals surface area contributed by atoms with E-state index >= 15 is 0 Å².